The zero-order valence-electron chi connectivity index (χ0n) is 17.9. The number of anilines is 1. The van der Waals surface area contributed by atoms with Crippen LogP contribution in [0.5, 0.6) is 0 Å². The number of halogens is 2. The Morgan fingerprint density at radius 3 is 2.59 bits per heavy atom. The Morgan fingerprint density at radius 1 is 1.22 bits per heavy atom. The Kier molecular flexibility index (Phi) is 5.84. The maximum absolute atomic E-state index is 14.2. The van der Waals surface area contributed by atoms with Crippen LogP contribution in [-0.2, 0) is 20.1 Å². The van der Waals surface area contributed by atoms with Crippen molar-refractivity contribution < 1.29 is 8.78 Å². The summed E-state index contributed by atoms with van der Waals surface area (Å²) in [5, 5.41) is 0. The minimum absolute atomic E-state index is 0.0289. The standard InChI is InChI=1S/C22H24F2N6O2/c1-3-4-11-29-18-19(26-21(29)28-10-6-7-14(25)12-28)27(2)22(32)30(20(18)31)13-15-16(23)8-5-9-17(15)24/h5,8-9,14H,6-7,10-13,25H2,1-2H3. The lowest BCUT2D eigenvalue weighted by Gasteiger charge is -2.31. The van der Waals surface area contributed by atoms with Gasteiger partial charge in [-0.15, -0.1) is 5.92 Å². The number of aromatic nitrogens is 4. The van der Waals surface area contributed by atoms with Crippen LogP contribution >= 0.6 is 0 Å². The summed E-state index contributed by atoms with van der Waals surface area (Å²) in [6.45, 7) is 2.60. The van der Waals surface area contributed by atoms with Gasteiger partial charge in [0.15, 0.2) is 11.2 Å². The van der Waals surface area contributed by atoms with Crippen LogP contribution in [-0.4, -0.2) is 37.8 Å². The quantitative estimate of drug-likeness (QED) is 0.613. The summed E-state index contributed by atoms with van der Waals surface area (Å²) in [4.78, 5) is 33.0. The van der Waals surface area contributed by atoms with Gasteiger partial charge in [0.1, 0.15) is 11.6 Å². The van der Waals surface area contributed by atoms with E-state index >= 15 is 0 Å². The lowest BCUT2D eigenvalue weighted by molar-refractivity contribution is 0.496. The van der Waals surface area contributed by atoms with Crippen molar-refractivity contribution in [1.29, 1.82) is 0 Å². The van der Waals surface area contributed by atoms with Gasteiger partial charge in [0.25, 0.3) is 5.56 Å². The first-order valence-electron chi connectivity index (χ1n) is 10.4. The average molecular weight is 442 g/mol. The van der Waals surface area contributed by atoms with Gasteiger partial charge in [-0.1, -0.05) is 12.0 Å². The topological polar surface area (TPSA) is 91.1 Å². The minimum Gasteiger partial charge on any atom is -0.341 e. The maximum Gasteiger partial charge on any atom is 0.332 e. The van der Waals surface area contributed by atoms with Crippen molar-refractivity contribution in [3.05, 3.63) is 56.2 Å². The van der Waals surface area contributed by atoms with Gasteiger partial charge in [-0.3, -0.25) is 18.5 Å². The first-order valence-corrected chi connectivity index (χ1v) is 10.4. The third-order valence-electron chi connectivity index (χ3n) is 5.74. The van der Waals surface area contributed by atoms with Crippen molar-refractivity contribution in [3.8, 4) is 11.8 Å². The molecule has 1 unspecified atom stereocenters. The molecule has 0 amide bonds. The maximum atomic E-state index is 14.2. The largest absolute Gasteiger partial charge is 0.341 e. The summed E-state index contributed by atoms with van der Waals surface area (Å²) in [7, 11) is 1.48. The Balaban J connectivity index is 1.95. The Labute approximate surface area is 182 Å². The third-order valence-corrected chi connectivity index (χ3v) is 5.74. The van der Waals surface area contributed by atoms with Crippen LogP contribution in [0, 0.1) is 23.5 Å². The number of rotatable bonds is 4. The Bertz CT molecular complexity index is 1340. The predicted molar refractivity (Wildman–Crippen MR) is 118 cm³/mol. The van der Waals surface area contributed by atoms with Gasteiger partial charge >= 0.3 is 5.69 Å². The first-order chi connectivity index (χ1) is 15.3. The number of fused-ring (bicyclic) bond motifs is 1. The molecule has 1 aromatic carbocycles. The molecule has 2 N–H and O–H groups in total. The molecule has 0 radical (unpaired) electrons. The number of aryl methyl sites for hydroxylation is 1. The van der Waals surface area contributed by atoms with E-state index in [9.17, 15) is 18.4 Å². The fraction of sp³-hybridized carbons (Fsp3) is 0.409. The van der Waals surface area contributed by atoms with Crippen molar-refractivity contribution >= 4 is 17.1 Å². The van der Waals surface area contributed by atoms with Crippen molar-refractivity contribution in [2.24, 2.45) is 12.8 Å². The molecule has 0 spiro atoms. The normalized spacial score (nSPS) is 16.3. The zero-order chi connectivity index (χ0) is 23.0. The molecule has 0 bridgehead atoms. The number of imidazole rings is 1. The zero-order valence-corrected chi connectivity index (χ0v) is 17.9. The number of benzene rings is 1. The molecule has 2 aromatic heterocycles. The summed E-state index contributed by atoms with van der Waals surface area (Å²) >= 11 is 0. The minimum atomic E-state index is -0.826. The summed E-state index contributed by atoms with van der Waals surface area (Å²) in [6.07, 6.45) is 1.77. The van der Waals surface area contributed by atoms with E-state index < -0.39 is 29.4 Å². The van der Waals surface area contributed by atoms with E-state index in [1.54, 1.807) is 11.5 Å². The third kappa shape index (κ3) is 3.69. The lowest BCUT2D eigenvalue weighted by Crippen LogP contribution is -2.44. The van der Waals surface area contributed by atoms with Crippen molar-refractivity contribution in [1.82, 2.24) is 18.7 Å². The molecule has 3 aromatic rings. The van der Waals surface area contributed by atoms with Gasteiger partial charge in [-0.25, -0.2) is 13.6 Å². The summed E-state index contributed by atoms with van der Waals surface area (Å²) in [6, 6.07) is 3.38. The molecule has 4 rings (SSSR count). The highest BCUT2D eigenvalue weighted by atomic mass is 19.1. The van der Waals surface area contributed by atoms with E-state index in [2.05, 4.69) is 16.8 Å². The number of piperidine rings is 1. The van der Waals surface area contributed by atoms with E-state index in [1.807, 2.05) is 4.90 Å². The molecule has 1 aliphatic heterocycles. The molecule has 10 heteroatoms. The lowest BCUT2D eigenvalue weighted by atomic mass is 10.1. The second kappa shape index (κ2) is 8.59. The van der Waals surface area contributed by atoms with E-state index in [-0.39, 0.29) is 29.3 Å². The Hall–Kier alpha value is -3.45. The van der Waals surface area contributed by atoms with Gasteiger partial charge in [0.2, 0.25) is 5.95 Å². The van der Waals surface area contributed by atoms with Crippen molar-refractivity contribution in [2.75, 3.05) is 18.0 Å². The second-order valence-electron chi connectivity index (χ2n) is 7.88. The highest BCUT2D eigenvalue weighted by Gasteiger charge is 2.26. The Morgan fingerprint density at radius 2 is 1.94 bits per heavy atom. The van der Waals surface area contributed by atoms with Crippen LogP contribution < -0.4 is 21.9 Å². The van der Waals surface area contributed by atoms with Gasteiger partial charge in [-0.05, 0) is 31.9 Å². The molecule has 1 fully saturated rings. The van der Waals surface area contributed by atoms with Gasteiger partial charge in [0.05, 0.1) is 13.1 Å². The molecule has 168 valence electrons. The van der Waals surface area contributed by atoms with Crippen LogP contribution in [0.25, 0.3) is 11.2 Å². The number of nitrogens with two attached hydrogens (primary N) is 1. The second-order valence-corrected chi connectivity index (χ2v) is 7.88. The molecule has 1 saturated heterocycles. The van der Waals surface area contributed by atoms with Crippen LogP contribution in [0.2, 0.25) is 0 Å². The molecular formula is C22H24F2N6O2. The fourth-order valence-corrected chi connectivity index (χ4v) is 4.08. The van der Waals surface area contributed by atoms with Crippen LogP contribution in [0.15, 0.2) is 27.8 Å². The first kappa shape index (κ1) is 21.8. The van der Waals surface area contributed by atoms with E-state index in [1.165, 1.54) is 17.7 Å². The van der Waals surface area contributed by atoms with E-state index in [4.69, 9.17) is 5.73 Å². The van der Waals surface area contributed by atoms with Gasteiger partial charge < -0.3 is 10.6 Å². The molecule has 0 saturated carbocycles. The van der Waals surface area contributed by atoms with Crippen molar-refractivity contribution in [2.45, 2.75) is 38.9 Å². The average Bonchev–Trinajstić information content (AvgIpc) is 3.15. The van der Waals surface area contributed by atoms with Crippen LogP contribution in [0.3, 0.4) is 0 Å². The predicted octanol–water partition coefficient (Wildman–Crippen LogP) is 1.17. The number of nitrogens with zero attached hydrogens (tertiary/aromatic N) is 5. The molecule has 1 aliphatic rings. The van der Waals surface area contributed by atoms with E-state index in [0.717, 1.165) is 29.5 Å². The van der Waals surface area contributed by atoms with Gasteiger partial charge in [0, 0.05) is 31.7 Å². The molecular weight excluding hydrogens is 418 g/mol. The van der Waals surface area contributed by atoms with Crippen LogP contribution in [0.1, 0.15) is 25.3 Å². The molecule has 3 heterocycles. The van der Waals surface area contributed by atoms with Crippen LogP contribution in [0.4, 0.5) is 14.7 Å². The molecule has 8 nitrogen and oxygen atoms in total. The monoisotopic (exact) mass is 442 g/mol. The number of hydrogen-bond acceptors (Lipinski definition) is 5. The SMILES string of the molecule is CC#CCn1c(N2CCCC(N)C2)nc2c1c(=O)n(Cc1c(F)cccc1F)c(=O)n2C. The molecule has 0 aliphatic carbocycles. The van der Waals surface area contributed by atoms with E-state index in [0.29, 0.717) is 19.0 Å². The summed E-state index contributed by atoms with van der Waals surface area (Å²) in [5.74, 6) is 4.59. The fourth-order valence-electron chi connectivity index (χ4n) is 4.08. The highest BCUT2D eigenvalue weighted by Crippen LogP contribution is 2.23. The summed E-state index contributed by atoms with van der Waals surface area (Å²) in [5.41, 5.74) is 4.73. The van der Waals surface area contributed by atoms with Gasteiger partial charge in [-0.2, -0.15) is 4.98 Å². The summed E-state index contributed by atoms with van der Waals surface area (Å²) < 4.78 is 32.1. The number of hydrogen-bond donors (Lipinski definition) is 1. The smallest absolute Gasteiger partial charge is 0.332 e. The molecule has 1 atom stereocenters. The highest BCUT2D eigenvalue weighted by molar-refractivity contribution is 5.75. The van der Waals surface area contributed by atoms with Crippen molar-refractivity contribution in [3.63, 3.8) is 0 Å². The molecule has 32 heavy (non-hydrogen) atoms.